The normalized spacial score (nSPS) is 15.1. The zero-order chi connectivity index (χ0) is 10.6. The number of halogens is 1. The maximum Gasteiger partial charge on any atom is 0.0965 e. The van der Waals surface area contributed by atoms with E-state index in [0.717, 1.165) is 5.56 Å². The van der Waals surface area contributed by atoms with E-state index in [0.29, 0.717) is 5.02 Å². The van der Waals surface area contributed by atoms with Gasteiger partial charge in [-0.2, -0.15) is 0 Å². The van der Waals surface area contributed by atoms with Crippen LogP contribution in [0.25, 0.3) is 0 Å². The average Bonchev–Trinajstić information content (AvgIpc) is 2.20. The van der Waals surface area contributed by atoms with Crippen LogP contribution in [-0.4, -0.2) is 29.9 Å². The van der Waals surface area contributed by atoms with Crippen molar-refractivity contribution in [2.45, 2.75) is 12.1 Å². The van der Waals surface area contributed by atoms with Gasteiger partial charge in [0.15, 0.2) is 0 Å². The van der Waals surface area contributed by atoms with E-state index >= 15 is 0 Å². The van der Waals surface area contributed by atoms with E-state index in [1.165, 1.54) is 0 Å². The Hall–Kier alpha value is -0.610. The van der Waals surface area contributed by atoms with Crippen LogP contribution in [0.2, 0.25) is 5.02 Å². The molecule has 0 heterocycles. The molecule has 1 aromatic rings. The fourth-order valence-electron chi connectivity index (χ4n) is 1.24. The first-order valence-electron chi connectivity index (χ1n) is 4.40. The molecule has 0 saturated carbocycles. The minimum absolute atomic E-state index is 0.111. The van der Waals surface area contributed by atoms with Crippen molar-refractivity contribution in [1.82, 2.24) is 5.32 Å². The number of hydrogen-bond acceptors (Lipinski definition) is 3. The van der Waals surface area contributed by atoms with Gasteiger partial charge in [-0.25, -0.2) is 0 Å². The van der Waals surface area contributed by atoms with Crippen molar-refractivity contribution >= 4 is 11.6 Å². The molecule has 2 atom stereocenters. The van der Waals surface area contributed by atoms with Crippen molar-refractivity contribution in [2.24, 2.45) is 0 Å². The van der Waals surface area contributed by atoms with Gasteiger partial charge in [0.25, 0.3) is 0 Å². The lowest BCUT2D eigenvalue weighted by Crippen LogP contribution is -2.35. The lowest BCUT2D eigenvalue weighted by Gasteiger charge is -2.20. The monoisotopic (exact) mass is 215 g/mol. The van der Waals surface area contributed by atoms with Gasteiger partial charge in [0.05, 0.1) is 18.8 Å². The summed E-state index contributed by atoms with van der Waals surface area (Å²) in [7, 11) is 1.69. The van der Waals surface area contributed by atoms with Crippen molar-refractivity contribution in [3.8, 4) is 0 Å². The molecule has 3 N–H and O–H groups in total. The zero-order valence-electron chi connectivity index (χ0n) is 7.94. The summed E-state index contributed by atoms with van der Waals surface area (Å²) in [5.74, 6) is 0. The molecule has 0 bridgehead atoms. The number of rotatable bonds is 4. The lowest BCUT2D eigenvalue weighted by molar-refractivity contribution is 0.0942. The Bertz CT molecular complexity index is 272. The molecule has 4 heteroatoms. The second kappa shape index (κ2) is 5.32. The van der Waals surface area contributed by atoms with E-state index in [4.69, 9.17) is 16.7 Å². The van der Waals surface area contributed by atoms with Gasteiger partial charge in [0.1, 0.15) is 0 Å². The predicted octanol–water partition coefficient (Wildman–Crippen LogP) is 0.954. The van der Waals surface area contributed by atoms with E-state index in [-0.39, 0.29) is 12.6 Å². The fraction of sp³-hybridized carbons (Fsp3) is 0.400. The van der Waals surface area contributed by atoms with Gasteiger partial charge in [-0.05, 0) is 24.7 Å². The van der Waals surface area contributed by atoms with Crippen molar-refractivity contribution in [3.63, 3.8) is 0 Å². The van der Waals surface area contributed by atoms with Crippen molar-refractivity contribution in [3.05, 3.63) is 34.9 Å². The van der Waals surface area contributed by atoms with Gasteiger partial charge in [0, 0.05) is 5.02 Å². The number of nitrogens with one attached hydrogen (secondary N) is 1. The van der Waals surface area contributed by atoms with E-state index < -0.39 is 6.10 Å². The molecule has 0 saturated heterocycles. The van der Waals surface area contributed by atoms with Crippen LogP contribution in [0, 0.1) is 0 Å². The highest BCUT2D eigenvalue weighted by atomic mass is 35.5. The number of benzene rings is 1. The Morgan fingerprint density at radius 2 is 1.93 bits per heavy atom. The highest BCUT2D eigenvalue weighted by Crippen LogP contribution is 2.18. The summed E-state index contributed by atoms with van der Waals surface area (Å²) < 4.78 is 0. The molecule has 78 valence electrons. The van der Waals surface area contributed by atoms with Gasteiger partial charge in [-0.15, -0.1) is 0 Å². The van der Waals surface area contributed by atoms with Crippen molar-refractivity contribution in [2.75, 3.05) is 13.7 Å². The molecule has 0 radical (unpaired) electrons. The predicted molar refractivity (Wildman–Crippen MR) is 56.3 cm³/mol. The molecule has 0 aliphatic heterocycles. The van der Waals surface area contributed by atoms with Gasteiger partial charge in [-0.3, -0.25) is 0 Å². The van der Waals surface area contributed by atoms with Crippen molar-refractivity contribution in [1.29, 1.82) is 0 Å². The van der Waals surface area contributed by atoms with Gasteiger partial charge < -0.3 is 15.5 Å². The van der Waals surface area contributed by atoms with Crippen molar-refractivity contribution < 1.29 is 10.2 Å². The lowest BCUT2D eigenvalue weighted by atomic mass is 10.0. The van der Waals surface area contributed by atoms with Gasteiger partial charge >= 0.3 is 0 Å². The van der Waals surface area contributed by atoms with E-state index in [9.17, 15) is 5.11 Å². The van der Waals surface area contributed by atoms with E-state index in [1.807, 2.05) is 0 Å². The van der Waals surface area contributed by atoms with Crippen LogP contribution in [-0.2, 0) is 0 Å². The Kier molecular flexibility index (Phi) is 4.35. The highest BCUT2D eigenvalue weighted by Gasteiger charge is 2.17. The molecule has 0 fully saturated rings. The molecule has 1 rings (SSSR count). The topological polar surface area (TPSA) is 52.5 Å². The molecule has 1 aromatic carbocycles. The van der Waals surface area contributed by atoms with Gasteiger partial charge in [0.2, 0.25) is 0 Å². The maximum atomic E-state index is 9.81. The minimum Gasteiger partial charge on any atom is -0.395 e. The van der Waals surface area contributed by atoms with Crippen LogP contribution in [0.4, 0.5) is 0 Å². The molecular weight excluding hydrogens is 202 g/mol. The quantitative estimate of drug-likeness (QED) is 0.701. The number of aliphatic hydroxyl groups is 2. The summed E-state index contributed by atoms with van der Waals surface area (Å²) >= 11 is 5.72. The summed E-state index contributed by atoms with van der Waals surface area (Å²) in [6, 6.07) is 6.56. The summed E-state index contributed by atoms with van der Waals surface area (Å²) in [6.07, 6.45) is -0.720. The third-order valence-corrected chi connectivity index (χ3v) is 2.41. The number of likely N-dealkylation sites (N-methyl/N-ethyl adjacent to an activating group) is 1. The standard InChI is InChI=1S/C10H14ClNO2/c1-12-9(6-13)10(14)7-2-4-8(11)5-3-7/h2-5,9-10,12-14H,6H2,1H3. The van der Waals surface area contributed by atoms with Crippen LogP contribution < -0.4 is 5.32 Å². The van der Waals surface area contributed by atoms with Crippen LogP contribution in [0.5, 0.6) is 0 Å². The first kappa shape index (κ1) is 11.5. The first-order chi connectivity index (χ1) is 6.69. The molecular formula is C10H14ClNO2. The van der Waals surface area contributed by atoms with Crippen LogP contribution in [0.3, 0.4) is 0 Å². The Balaban J connectivity index is 2.77. The Labute approximate surface area is 88.3 Å². The second-order valence-corrected chi connectivity index (χ2v) is 3.51. The molecule has 0 aliphatic carbocycles. The molecule has 0 aromatic heterocycles. The Morgan fingerprint density at radius 1 is 1.36 bits per heavy atom. The summed E-state index contributed by atoms with van der Waals surface area (Å²) in [5.41, 5.74) is 0.739. The fourth-order valence-corrected chi connectivity index (χ4v) is 1.37. The minimum atomic E-state index is -0.720. The molecule has 0 aliphatic rings. The SMILES string of the molecule is CNC(CO)C(O)c1ccc(Cl)cc1. The van der Waals surface area contributed by atoms with Crippen LogP contribution >= 0.6 is 11.6 Å². The molecule has 0 amide bonds. The number of hydrogen-bond donors (Lipinski definition) is 3. The van der Waals surface area contributed by atoms with E-state index in [1.54, 1.807) is 31.3 Å². The third-order valence-electron chi connectivity index (χ3n) is 2.16. The first-order valence-corrected chi connectivity index (χ1v) is 4.78. The summed E-state index contributed by atoms with van der Waals surface area (Å²) in [6.45, 7) is -0.111. The molecule has 3 nitrogen and oxygen atoms in total. The summed E-state index contributed by atoms with van der Waals surface area (Å²) in [4.78, 5) is 0. The average molecular weight is 216 g/mol. The van der Waals surface area contributed by atoms with E-state index in [2.05, 4.69) is 5.32 Å². The maximum absolute atomic E-state index is 9.81. The number of aliphatic hydroxyl groups excluding tert-OH is 2. The molecule has 14 heavy (non-hydrogen) atoms. The smallest absolute Gasteiger partial charge is 0.0965 e. The summed E-state index contributed by atoms with van der Waals surface area (Å²) in [5, 5.41) is 22.2. The van der Waals surface area contributed by atoms with Crippen LogP contribution in [0.1, 0.15) is 11.7 Å². The third kappa shape index (κ3) is 2.69. The second-order valence-electron chi connectivity index (χ2n) is 3.07. The highest BCUT2D eigenvalue weighted by molar-refractivity contribution is 6.30. The van der Waals surface area contributed by atoms with Crippen LogP contribution in [0.15, 0.2) is 24.3 Å². The largest absolute Gasteiger partial charge is 0.395 e. The molecule has 0 spiro atoms. The Morgan fingerprint density at radius 3 is 2.36 bits per heavy atom. The molecule has 2 unspecified atom stereocenters. The zero-order valence-corrected chi connectivity index (χ0v) is 8.70. The van der Waals surface area contributed by atoms with Gasteiger partial charge in [-0.1, -0.05) is 23.7 Å².